The molecule has 6 heteroatoms. The molecule has 0 aliphatic rings. The van der Waals surface area contributed by atoms with Crippen LogP contribution >= 0.6 is 12.8 Å². The number of amides is 1. The summed E-state index contributed by atoms with van der Waals surface area (Å²) in [5.41, 5.74) is 0. The van der Waals surface area contributed by atoms with E-state index >= 15 is 0 Å². The first-order valence-electron chi connectivity index (χ1n) is 5.72. The monoisotopic (exact) mass is 262 g/mol. The third kappa shape index (κ3) is 5.93. The molecule has 3 N–H and O–H groups in total. The normalized spacial score (nSPS) is 14.8. The van der Waals surface area contributed by atoms with E-state index in [1.807, 2.05) is 27.7 Å². The van der Waals surface area contributed by atoms with Crippen molar-refractivity contribution in [1.29, 1.82) is 0 Å². The third-order valence-corrected chi connectivity index (χ3v) is 2.69. The van der Waals surface area contributed by atoms with Gasteiger partial charge >= 0.3 is 5.97 Å². The molecule has 100 valence electrons. The van der Waals surface area contributed by atoms with Crippen LogP contribution in [0.1, 0.15) is 34.1 Å². The van der Waals surface area contributed by atoms with Crippen molar-refractivity contribution in [2.75, 3.05) is 0 Å². The molecule has 0 saturated carbocycles. The molecule has 0 fully saturated rings. The molecule has 0 spiro atoms. The summed E-state index contributed by atoms with van der Waals surface area (Å²) in [7, 11) is 0. The van der Waals surface area contributed by atoms with Gasteiger partial charge in [-0.3, -0.25) is 9.52 Å². The summed E-state index contributed by atoms with van der Waals surface area (Å²) in [6, 6.07) is -1.34. The molecule has 0 unspecified atom stereocenters. The highest BCUT2D eigenvalue weighted by Gasteiger charge is 2.26. The van der Waals surface area contributed by atoms with Gasteiger partial charge in [0.1, 0.15) is 6.04 Å². The summed E-state index contributed by atoms with van der Waals surface area (Å²) in [6.07, 6.45) is 0.415. The maximum atomic E-state index is 11.8. The van der Waals surface area contributed by atoms with Gasteiger partial charge in [0, 0.05) is 0 Å². The molecule has 0 aromatic rings. The summed E-state index contributed by atoms with van der Waals surface area (Å²) in [4.78, 5) is 22.8. The largest absolute Gasteiger partial charge is 0.480 e. The quantitative estimate of drug-likeness (QED) is 0.517. The second kappa shape index (κ2) is 7.55. The van der Waals surface area contributed by atoms with E-state index in [1.165, 1.54) is 0 Å². The lowest BCUT2D eigenvalue weighted by atomic mass is 10.0. The van der Waals surface area contributed by atoms with Gasteiger partial charge in [-0.05, 0) is 18.3 Å². The lowest BCUT2D eigenvalue weighted by Gasteiger charge is -2.22. The summed E-state index contributed by atoms with van der Waals surface area (Å²) >= 11 is 3.88. The number of nitrogens with one attached hydrogen (secondary N) is 2. The zero-order chi connectivity index (χ0) is 13.6. The van der Waals surface area contributed by atoms with Crippen LogP contribution in [-0.2, 0) is 9.59 Å². The average molecular weight is 262 g/mol. The van der Waals surface area contributed by atoms with Gasteiger partial charge < -0.3 is 10.4 Å². The summed E-state index contributed by atoms with van der Waals surface area (Å²) in [6.45, 7) is 7.56. The number of carboxylic acids is 1. The number of rotatable bonds is 7. The number of carboxylic acid groups (broad SMARTS) is 1. The molecular formula is C11H22N2O3S. The van der Waals surface area contributed by atoms with Crippen molar-refractivity contribution in [1.82, 2.24) is 10.0 Å². The molecule has 0 bridgehead atoms. The Labute approximate surface area is 108 Å². The predicted octanol–water partition coefficient (Wildman–Crippen LogP) is 1.06. The number of aliphatic carboxylic acids is 1. The summed E-state index contributed by atoms with van der Waals surface area (Å²) in [5, 5.41) is 11.5. The van der Waals surface area contributed by atoms with Crippen LogP contribution in [0.25, 0.3) is 0 Å². The van der Waals surface area contributed by atoms with Crippen LogP contribution < -0.4 is 10.0 Å². The Balaban J connectivity index is 4.54. The van der Waals surface area contributed by atoms with E-state index in [-0.39, 0.29) is 17.7 Å². The van der Waals surface area contributed by atoms with Crippen LogP contribution in [-0.4, -0.2) is 29.1 Å². The van der Waals surface area contributed by atoms with Crippen molar-refractivity contribution in [2.45, 2.75) is 46.2 Å². The number of thiol groups is 1. The fraction of sp³-hybridized carbons (Fsp3) is 0.818. The Morgan fingerprint density at radius 3 is 2.06 bits per heavy atom. The number of hydrogen-bond acceptors (Lipinski definition) is 4. The van der Waals surface area contributed by atoms with E-state index in [4.69, 9.17) is 5.11 Å². The van der Waals surface area contributed by atoms with Crippen molar-refractivity contribution in [2.24, 2.45) is 11.8 Å². The maximum absolute atomic E-state index is 11.8. The molecule has 0 aromatic heterocycles. The second-order valence-corrected chi connectivity index (χ2v) is 5.14. The Morgan fingerprint density at radius 2 is 1.76 bits per heavy atom. The third-order valence-electron chi connectivity index (χ3n) is 2.41. The number of carbonyl (C=O) groups excluding carboxylic acids is 1. The molecule has 0 rings (SSSR count). The maximum Gasteiger partial charge on any atom is 0.326 e. The van der Waals surface area contributed by atoms with Gasteiger partial charge in [0.2, 0.25) is 5.91 Å². The van der Waals surface area contributed by atoms with Gasteiger partial charge in [-0.25, -0.2) is 4.79 Å². The van der Waals surface area contributed by atoms with Gasteiger partial charge in [0.15, 0.2) is 0 Å². The fourth-order valence-electron chi connectivity index (χ4n) is 1.46. The molecule has 0 radical (unpaired) electrons. The van der Waals surface area contributed by atoms with E-state index in [9.17, 15) is 9.59 Å². The van der Waals surface area contributed by atoms with Crippen LogP contribution in [0.3, 0.4) is 0 Å². The molecular weight excluding hydrogens is 240 g/mol. The number of hydrogen-bond donors (Lipinski definition) is 4. The molecule has 5 nitrogen and oxygen atoms in total. The van der Waals surface area contributed by atoms with Crippen molar-refractivity contribution >= 4 is 24.7 Å². The van der Waals surface area contributed by atoms with Crippen molar-refractivity contribution < 1.29 is 14.7 Å². The van der Waals surface area contributed by atoms with E-state index in [2.05, 4.69) is 22.9 Å². The topological polar surface area (TPSA) is 78.4 Å². The Morgan fingerprint density at radius 1 is 1.24 bits per heavy atom. The minimum absolute atomic E-state index is 0.0426. The van der Waals surface area contributed by atoms with Crippen molar-refractivity contribution in [3.8, 4) is 0 Å². The summed E-state index contributed by atoms with van der Waals surface area (Å²) in [5.74, 6) is -1.09. The molecule has 0 aliphatic heterocycles. The van der Waals surface area contributed by atoms with Gasteiger partial charge in [-0.1, -0.05) is 40.5 Å². The van der Waals surface area contributed by atoms with E-state index < -0.39 is 18.1 Å². The van der Waals surface area contributed by atoms with E-state index in [0.717, 1.165) is 0 Å². The van der Waals surface area contributed by atoms with E-state index in [1.54, 1.807) is 0 Å². The summed E-state index contributed by atoms with van der Waals surface area (Å²) < 4.78 is 2.59. The van der Waals surface area contributed by atoms with Gasteiger partial charge in [-0.2, -0.15) is 0 Å². The highest BCUT2D eigenvalue weighted by atomic mass is 32.1. The van der Waals surface area contributed by atoms with Gasteiger partial charge in [0.25, 0.3) is 0 Å². The first kappa shape index (κ1) is 16.2. The molecule has 0 heterocycles. The van der Waals surface area contributed by atoms with Crippen molar-refractivity contribution in [3.63, 3.8) is 0 Å². The molecule has 17 heavy (non-hydrogen) atoms. The van der Waals surface area contributed by atoms with Gasteiger partial charge in [0.05, 0.1) is 6.04 Å². The highest BCUT2D eigenvalue weighted by molar-refractivity contribution is 7.78. The molecule has 0 aromatic carbocycles. The standard InChI is InChI=1S/C11H22N2O3S/c1-6(2)5-8(11(15)16)12-10(14)9(13-17)7(3)4/h6-9,13,17H,5H2,1-4H3,(H,12,14)(H,15,16)/t8-,9-/m0/s1. The number of carbonyl (C=O) groups is 2. The predicted molar refractivity (Wildman–Crippen MR) is 69.8 cm³/mol. The molecule has 0 saturated heterocycles. The van der Waals surface area contributed by atoms with Crippen LogP contribution in [0.15, 0.2) is 0 Å². The first-order valence-corrected chi connectivity index (χ1v) is 6.17. The highest BCUT2D eigenvalue weighted by Crippen LogP contribution is 2.07. The van der Waals surface area contributed by atoms with Crippen LogP contribution in [0.4, 0.5) is 0 Å². The molecule has 1 amide bonds. The minimum atomic E-state index is -1.01. The Bertz CT molecular complexity index is 269. The average Bonchev–Trinajstić information content (AvgIpc) is 2.15. The second-order valence-electron chi connectivity index (χ2n) is 4.88. The lowest BCUT2D eigenvalue weighted by Crippen LogP contribution is -2.50. The Kier molecular flexibility index (Phi) is 7.22. The first-order chi connectivity index (χ1) is 7.79. The van der Waals surface area contributed by atoms with Crippen molar-refractivity contribution in [3.05, 3.63) is 0 Å². The molecule has 0 aliphatic carbocycles. The minimum Gasteiger partial charge on any atom is -0.480 e. The van der Waals surface area contributed by atoms with Crippen LogP contribution in [0.5, 0.6) is 0 Å². The smallest absolute Gasteiger partial charge is 0.326 e. The lowest BCUT2D eigenvalue weighted by molar-refractivity contribution is -0.142. The van der Waals surface area contributed by atoms with E-state index in [0.29, 0.717) is 6.42 Å². The SMILES string of the molecule is CC(C)C[C@H](NC(=O)[C@@H](NS)C(C)C)C(=O)O. The zero-order valence-electron chi connectivity index (χ0n) is 10.7. The Hall–Kier alpha value is -0.750. The van der Waals surface area contributed by atoms with Gasteiger partial charge in [-0.15, -0.1) is 0 Å². The van der Waals surface area contributed by atoms with Crippen LogP contribution in [0, 0.1) is 11.8 Å². The zero-order valence-corrected chi connectivity index (χ0v) is 11.6. The molecule has 2 atom stereocenters. The fourth-order valence-corrected chi connectivity index (χ4v) is 1.88. The van der Waals surface area contributed by atoms with Crippen LogP contribution in [0.2, 0.25) is 0 Å².